The van der Waals surface area contributed by atoms with Gasteiger partial charge in [0.15, 0.2) is 5.78 Å². The van der Waals surface area contributed by atoms with Crippen LogP contribution in [0, 0.1) is 0 Å². The van der Waals surface area contributed by atoms with E-state index < -0.39 is 0 Å². The second-order valence-corrected chi connectivity index (χ2v) is 2.20. The topological polar surface area (TPSA) is 17.1 Å². The highest BCUT2D eigenvalue weighted by atomic mass is 16.1. The molecule has 0 saturated carbocycles. The second kappa shape index (κ2) is 6.35. The number of carbonyl (C=O) groups is 1. The first kappa shape index (κ1) is 10.6. The maximum Gasteiger partial charge on any atom is 0.185 e. The van der Waals surface area contributed by atoms with Crippen LogP contribution in [-0.4, -0.2) is 5.78 Å². The first-order valence-electron chi connectivity index (χ1n) is 3.88. The summed E-state index contributed by atoms with van der Waals surface area (Å²) in [6.45, 7) is 7.19. The first-order chi connectivity index (χ1) is 5.76. The van der Waals surface area contributed by atoms with Gasteiger partial charge in [-0.05, 0) is 19.9 Å². The molecule has 0 amide bonds. The molecule has 0 radical (unpaired) electrons. The van der Waals surface area contributed by atoms with E-state index in [1.807, 2.05) is 13.8 Å². The molecule has 0 aliphatic carbocycles. The molecule has 0 rings (SSSR count). The van der Waals surface area contributed by atoms with Gasteiger partial charge in [0.1, 0.15) is 0 Å². The van der Waals surface area contributed by atoms with Crippen LogP contribution in [0.5, 0.6) is 0 Å². The lowest BCUT2D eigenvalue weighted by Gasteiger charge is -1.92. The number of rotatable bonds is 4. The van der Waals surface area contributed by atoms with E-state index >= 15 is 0 Å². The average molecular weight is 162 g/mol. The van der Waals surface area contributed by atoms with Crippen LogP contribution in [0.2, 0.25) is 0 Å². The number of ketones is 1. The Morgan fingerprint density at radius 3 is 2.33 bits per heavy atom. The summed E-state index contributed by atoms with van der Waals surface area (Å²) in [4.78, 5) is 11.2. The Morgan fingerprint density at radius 1 is 1.25 bits per heavy atom. The van der Waals surface area contributed by atoms with Gasteiger partial charge >= 0.3 is 0 Å². The quantitative estimate of drug-likeness (QED) is 0.459. The molecule has 1 heteroatoms. The minimum absolute atomic E-state index is 0.0260. The van der Waals surface area contributed by atoms with E-state index in [1.165, 1.54) is 0 Å². The van der Waals surface area contributed by atoms with Crippen LogP contribution in [0.4, 0.5) is 0 Å². The predicted molar refractivity (Wildman–Crippen MR) is 52.9 cm³/mol. The third-order valence-electron chi connectivity index (χ3n) is 1.33. The highest BCUT2D eigenvalue weighted by molar-refractivity contribution is 6.05. The predicted octanol–water partition coefficient (Wildman–Crippen LogP) is 2.82. The zero-order valence-electron chi connectivity index (χ0n) is 7.58. The molecule has 0 N–H and O–H groups in total. The van der Waals surface area contributed by atoms with Gasteiger partial charge in [-0.25, -0.2) is 0 Å². The van der Waals surface area contributed by atoms with Crippen molar-refractivity contribution in [2.45, 2.75) is 13.8 Å². The minimum Gasteiger partial charge on any atom is -0.289 e. The second-order valence-electron chi connectivity index (χ2n) is 2.20. The lowest BCUT2D eigenvalue weighted by molar-refractivity contribution is -0.111. The molecule has 0 saturated heterocycles. The molecule has 12 heavy (non-hydrogen) atoms. The van der Waals surface area contributed by atoms with Gasteiger partial charge in [0.05, 0.1) is 0 Å². The van der Waals surface area contributed by atoms with E-state index in [0.29, 0.717) is 5.57 Å². The van der Waals surface area contributed by atoms with E-state index in [0.717, 1.165) is 0 Å². The zero-order chi connectivity index (χ0) is 9.40. The van der Waals surface area contributed by atoms with Crippen LogP contribution in [-0.2, 0) is 4.79 Å². The summed E-state index contributed by atoms with van der Waals surface area (Å²) in [5.41, 5.74) is 0.688. The van der Waals surface area contributed by atoms with Crippen LogP contribution in [0.3, 0.4) is 0 Å². The van der Waals surface area contributed by atoms with Crippen LogP contribution in [0.25, 0.3) is 0 Å². The number of carbonyl (C=O) groups excluding carboxylic acids is 1. The Balaban J connectivity index is 4.47. The highest BCUT2D eigenvalue weighted by Gasteiger charge is 1.98. The fraction of sp³-hybridized carbons (Fsp3) is 0.182. The maximum absolute atomic E-state index is 11.2. The summed E-state index contributed by atoms with van der Waals surface area (Å²) in [6, 6.07) is 0. The van der Waals surface area contributed by atoms with Crippen molar-refractivity contribution in [2.24, 2.45) is 0 Å². The Bertz CT molecular complexity index is 242. The van der Waals surface area contributed by atoms with Crippen molar-refractivity contribution in [2.75, 3.05) is 0 Å². The molecule has 0 spiro atoms. The zero-order valence-corrected chi connectivity index (χ0v) is 7.58. The molecular weight excluding hydrogens is 148 g/mol. The van der Waals surface area contributed by atoms with Gasteiger partial charge in [-0.2, -0.15) is 0 Å². The number of allylic oxidation sites excluding steroid dienone is 7. The van der Waals surface area contributed by atoms with Gasteiger partial charge < -0.3 is 0 Å². The standard InChI is InChI=1S/C11H14O/c1-4-7-9-10(6-3)11(12)8-5-2/h4-9H,1H2,2-3H3. The summed E-state index contributed by atoms with van der Waals surface area (Å²) in [7, 11) is 0. The molecule has 64 valence electrons. The van der Waals surface area contributed by atoms with Crippen molar-refractivity contribution < 1.29 is 4.79 Å². The Kier molecular flexibility index (Phi) is 5.62. The normalized spacial score (nSPS) is 12.7. The summed E-state index contributed by atoms with van der Waals surface area (Å²) in [5, 5.41) is 0. The van der Waals surface area contributed by atoms with Crippen LogP contribution < -0.4 is 0 Å². The lowest BCUT2D eigenvalue weighted by atomic mass is 10.1. The Hall–Kier alpha value is -1.37. The number of hydrogen-bond donors (Lipinski definition) is 0. The molecule has 0 aromatic heterocycles. The molecule has 0 aromatic rings. The van der Waals surface area contributed by atoms with E-state index in [1.54, 1.807) is 36.5 Å². The van der Waals surface area contributed by atoms with Gasteiger partial charge in [0.25, 0.3) is 0 Å². The fourth-order valence-electron chi connectivity index (χ4n) is 0.740. The molecule has 0 unspecified atom stereocenters. The van der Waals surface area contributed by atoms with Gasteiger partial charge in [0.2, 0.25) is 0 Å². The van der Waals surface area contributed by atoms with E-state index in [2.05, 4.69) is 6.58 Å². The molecule has 0 aliphatic rings. The van der Waals surface area contributed by atoms with Crippen molar-refractivity contribution in [3.8, 4) is 0 Å². The van der Waals surface area contributed by atoms with Crippen LogP contribution in [0.15, 0.2) is 48.6 Å². The SMILES string of the molecule is C=CC=CC(=CC)C(=O)C=CC. The molecule has 0 heterocycles. The summed E-state index contributed by atoms with van der Waals surface area (Å²) in [6.07, 6.45) is 10.2. The molecule has 0 atom stereocenters. The van der Waals surface area contributed by atoms with Gasteiger partial charge in [-0.15, -0.1) is 0 Å². The van der Waals surface area contributed by atoms with E-state index in [4.69, 9.17) is 0 Å². The van der Waals surface area contributed by atoms with Crippen molar-refractivity contribution in [3.63, 3.8) is 0 Å². The van der Waals surface area contributed by atoms with Crippen molar-refractivity contribution in [1.29, 1.82) is 0 Å². The van der Waals surface area contributed by atoms with Gasteiger partial charge in [0, 0.05) is 5.57 Å². The summed E-state index contributed by atoms with van der Waals surface area (Å²) in [5.74, 6) is 0.0260. The molecule has 0 fully saturated rings. The Labute approximate surface area is 73.8 Å². The van der Waals surface area contributed by atoms with E-state index in [-0.39, 0.29) is 5.78 Å². The molecule has 1 nitrogen and oxygen atoms in total. The summed E-state index contributed by atoms with van der Waals surface area (Å²) >= 11 is 0. The van der Waals surface area contributed by atoms with Crippen molar-refractivity contribution in [1.82, 2.24) is 0 Å². The van der Waals surface area contributed by atoms with Gasteiger partial charge in [-0.1, -0.05) is 37.0 Å². The van der Waals surface area contributed by atoms with Crippen molar-refractivity contribution >= 4 is 5.78 Å². The minimum atomic E-state index is 0.0260. The van der Waals surface area contributed by atoms with Gasteiger partial charge in [-0.3, -0.25) is 4.79 Å². The Morgan fingerprint density at radius 2 is 1.92 bits per heavy atom. The van der Waals surface area contributed by atoms with Crippen molar-refractivity contribution in [3.05, 3.63) is 48.6 Å². The fourth-order valence-corrected chi connectivity index (χ4v) is 0.740. The smallest absolute Gasteiger partial charge is 0.185 e. The molecule has 0 aliphatic heterocycles. The lowest BCUT2D eigenvalue weighted by Crippen LogP contribution is -1.94. The molecular formula is C11H14O. The van der Waals surface area contributed by atoms with Crippen LogP contribution >= 0.6 is 0 Å². The third kappa shape index (κ3) is 3.71. The molecule has 0 bridgehead atoms. The monoisotopic (exact) mass is 162 g/mol. The first-order valence-corrected chi connectivity index (χ1v) is 3.88. The van der Waals surface area contributed by atoms with Crippen LogP contribution in [0.1, 0.15) is 13.8 Å². The average Bonchev–Trinajstić information content (AvgIpc) is 2.06. The largest absolute Gasteiger partial charge is 0.289 e. The number of hydrogen-bond acceptors (Lipinski definition) is 1. The maximum atomic E-state index is 11.2. The highest BCUT2D eigenvalue weighted by Crippen LogP contribution is 2.00. The van der Waals surface area contributed by atoms with E-state index in [9.17, 15) is 4.79 Å². The molecule has 0 aromatic carbocycles. The third-order valence-corrected chi connectivity index (χ3v) is 1.33. The summed E-state index contributed by atoms with van der Waals surface area (Å²) < 4.78 is 0.